The Kier molecular flexibility index (Phi) is 5.56. The summed E-state index contributed by atoms with van der Waals surface area (Å²) < 4.78 is 19.3. The lowest BCUT2D eigenvalue weighted by Crippen LogP contribution is -2.37. The van der Waals surface area contributed by atoms with Gasteiger partial charge in [0, 0.05) is 19.7 Å². The highest BCUT2D eigenvalue weighted by Gasteiger charge is 2.16. The van der Waals surface area contributed by atoms with E-state index >= 15 is 0 Å². The molecule has 1 N–H and O–H groups in total. The van der Waals surface area contributed by atoms with Gasteiger partial charge in [-0.25, -0.2) is 4.39 Å². The maximum Gasteiger partial charge on any atom is 0.137 e. The van der Waals surface area contributed by atoms with Gasteiger partial charge < -0.3 is 10.1 Å². The molecule has 1 aromatic rings. The van der Waals surface area contributed by atoms with Gasteiger partial charge in [-0.1, -0.05) is 6.07 Å². The number of rotatable bonds is 6. The number of nitrogens with one attached hydrogen (secondary N) is 1. The fourth-order valence-electron chi connectivity index (χ4n) is 1.60. The molecular formula is C13H19BrFNO. The Morgan fingerprint density at radius 1 is 1.41 bits per heavy atom. The number of hydrogen-bond donors (Lipinski definition) is 1. The molecule has 0 heterocycles. The highest BCUT2D eigenvalue weighted by molar-refractivity contribution is 9.10. The van der Waals surface area contributed by atoms with Crippen molar-refractivity contribution in [1.82, 2.24) is 5.32 Å². The van der Waals surface area contributed by atoms with Gasteiger partial charge in [-0.05, 0) is 54.4 Å². The van der Waals surface area contributed by atoms with Crippen molar-refractivity contribution in [3.05, 3.63) is 34.1 Å². The first-order chi connectivity index (χ1) is 7.94. The fourth-order valence-corrected chi connectivity index (χ4v) is 1.85. The summed E-state index contributed by atoms with van der Waals surface area (Å²) in [6.07, 6.45) is 0. The molecule has 0 aliphatic heterocycles. The van der Waals surface area contributed by atoms with Crippen LogP contribution in [0.1, 0.15) is 26.3 Å². The third-order valence-electron chi connectivity index (χ3n) is 2.40. The van der Waals surface area contributed by atoms with Crippen molar-refractivity contribution in [2.45, 2.75) is 32.9 Å². The van der Waals surface area contributed by atoms with Gasteiger partial charge in [-0.15, -0.1) is 0 Å². The zero-order valence-electron chi connectivity index (χ0n) is 10.5. The Labute approximate surface area is 111 Å². The normalized spacial score (nSPS) is 11.8. The average molecular weight is 304 g/mol. The predicted molar refractivity (Wildman–Crippen MR) is 71.5 cm³/mol. The first-order valence-electron chi connectivity index (χ1n) is 5.73. The molecule has 0 spiro atoms. The summed E-state index contributed by atoms with van der Waals surface area (Å²) in [5.74, 6) is -0.228. The molecule has 4 heteroatoms. The molecule has 17 heavy (non-hydrogen) atoms. The number of ether oxygens (including phenoxy) is 1. The van der Waals surface area contributed by atoms with Gasteiger partial charge in [-0.2, -0.15) is 0 Å². The van der Waals surface area contributed by atoms with E-state index in [2.05, 4.69) is 21.2 Å². The summed E-state index contributed by atoms with van der Waals surface area (Å²) in [6, 6.07) is 5.15. The predicted octanol–water partition coefficient (Wildman–Crippen LogP) is 3.49. The Bertz CT molecular complexity index is 368. The van der Waals surface area contributed by atoms with E-state index < -0.39 is 0 Å². The minimum atomic E-state index is -0.228. The molecule has 0 aliphatic carbocycles. The first kappa shape index (κ1) is 14.6. The SMILES string of the molecule is CCOC(C)(C)CNCc1ccc(Br)c(F)c1. The van der Waals surface area contributed by atoms with E-state index in [4.69, 9.17) is 4.74 Å². The van der Waals surface area contributed by atoms with Gasteiger partial charge in [0.1, 0.15) is 5.82 Å². The first-order valence-corrected chi connectivity index (χ1v) is 6.52. The second kappa shape index (κ2) is 6.47. The summed E-state index contributed by atoms with van der Waals surface area (Å²) in [5, 5.41) is 3.27. The molecule has 0 bridgehead atoms. The molecule has 0 unspecified atom stereocenters. The Morgan fingerprint density at radius 3 is 2.71 bits per heavy atom. The van der Waals surface area contributed by atoms with Crippen LogP contribution in [0.15, 0.2) is 22.7 Å². The van der Waals surface area contributed by atoms with E-state index in [1.54, 1.807) is 6.07 Å². The molecule has 0 saturated carbocycles. The number of hydrogen-bond acceptors (Lipinski definition) is 2. The van der Waals surface area contributed by atoms with Crippen LogP contribution in [0.25, 0.3) is 0 Å². The summed E-state index contributed by atoms with van der Waals surface area (Å²) in [4.78, 5) is 0. The maximum atomic E-state index is 13.3. The maximum absolute atomic E-state index is 13.3. The van der Waals surface area contributed by atoms with Crippen LogP contribution in [0, 0.1) is 5.82 Å². The van der Waals surface area contributed by atoms with Gasteiger partial charge in [0.15, 0.2) is 0 Å². The quantitative estimate of drug-likeness (QED) is 0.868. The van der Waals surface area contributed by atoms with Crippen LogP contribution >= 0.6 is 15.9 Å². The lowest BCUT2D eigenvalue weighted by molar-refractivity contribution is -0.00897. The van der Waals surface area contributed by atoms with Crippen molar-refractivity contribution in [3.63, 3.8) is 0 Å². The van der Waals surface area contributed by atoms with Crippen molar-refractivity contribution >= 4 is 15.9 Å². The Hall–Kier alpha value is -0.450. The van der Waals surface area contributed by atoms with Gasteiger partial charge in [0.25, 0.3) is 0 Å². The van der Waals surface area contributed by atoms with Crippen LogP contribution in [0.2, 0.25) is 0 Å². The number of benzene rings is 1. The van der Waals surface area contributed by atoms with Gasteiger partial charge in [0.05, 0.1) is 10.1 Å². The van der Waals surface area contributed by atoms with Crippen molar-refractivity contribution in [1.29, 1.82) is 0 Å². The fraction of sp³-hybridized carbons (Fsp3) is 0.538. The molecule has 0 saturated heterocycles. The summed E-state index contributed by atoms with van der Waals surface area (Å²) in [5.41, 5.74) is 0.737. The van der Waals surface area contributed by atoms with Gasteiger partial charge in [0.2, 0.25) is 0 Å². The molecule has 0 fully saturated rings. The second-order valence-electron chi connectivity index (χ2n) is 4.54. The van der Waals surface area contributed by atoms with Crippen LogP contribution < -0.4 is 5.32 Å². The zero-order valence-corrected chi connectivity index (χ0v) is 12.1. The molecule has 0 amide bonds. The molecule has 0 aliphatic rings. The van der Waals surface area contributed by atoms with E-state index in [0.717, 1.165) is 12.1 Å². The lowest BCUT2D eigenvalue weighted by Gasteiger charge is -2.25. The molecule has 1 rings (SSSR count). The van der Waals surface area contributed by atoms with Crippen molar-refractivity contribution in [2.24, 2.45) is 0 Å². The topological polar surface area (TPSA) is 21.3 Å². The highest BCUT2D eigenvalue weighted by atomic mass is 79.9. The Morgan fingerprint density at radius 2 is 2.12 bits per heavy atom. The molecular weight excluding hydrogens is 285 g/mol. The van der Waals surface area contributed by atoms with Crippen LogP contribution in [0.4, 0.5) is 4.39 Å². The standard InChI is InChI=1S/C13H19BrFNO/c1-4-17-13(2,3)9-16-8-10-5-6-11(14)12(15)7-10/h5-7,16H,4,8-9H2,1-3H3. The monoisotopic (exact) mass is 303 g/mol. The molecule has 0 atom stereocenters. The smallest absolute Gasteiger partial charge is 0.137 e. The van der Waals surface area contributed by atoms with Crippen LogP contribution in [0.5, 0.6) is 0 Å². The van der Waals surface area contributed by atoms with E-state index in [1.165, 1.54) is 6.07 Å². The van der Waals surface area contributed by atoms with Crippen LogP contribution in [-0.4, -0.2) is 18.8 Å². The van der Waals surface area contributed by atoms with Crippen molar-refractivity contribution in [3.8, 4) is 0 Å². The minimum absolute atomic E-state index is 0.192. The van der Waals surface area contributed by atoms with E-state index in [1.807, 2.05) is 26.8 Å². The molecule has 0 radical (unpaired) electrons. The van der Waals surface area contributed by atoms with Gasteiger partial charge in [-0.3, -0.25) is 0 Å². The molecule has 96 valence electrons. The summed E-state index contributed by atoms with van der Waals surface area (Å²) in [7, 11) is 0. The molecule has 0 aromatic heterocycles. The highest BCUT2D eigenvalue weighted by Crippen LogP contribution is 2.16. The van der Waals surface area contributed by atoms with E-state index in [0.29, 0.717) is 17.6 Å². The second-order valence-corrected chi connectivity index (χ2v) is 5.40. The largest absolute Gasteiger partial charge is 0.375 e. The van der Waals surface area contributed by atoms with Crippen molar-refractivity contribution in [2.75, 3.05) is 13.2 Å². The van der Waals surface area contributed by atoms with E-state index in [-0.39, 0.29) is 11.4 Å². The average Bonchev–Trinajstić information content (AvgIpc) is 2.23. The number of halogens is 2. The Balaban J connectivity index is 2.43. The summed E-state index contributed by atoms with van der Waals surface area (Å²) >= 11 is 3.13. The summed E-state index contributed by atoms with van der Waals surface area (Å²) in [6.45, 7) is 8.12. The van der Waals surface area contributed by atoms with Crippen LogP contribution in [0.3, 0.4) is 0 Å². The third kappa shape index (κ3) is 5.15. The molecule has 2 nitrogen and oxygen atoms in total. The van der Waals surface area contributed by atoms with E-state index in [9.17, 15) is 4.39 Å². The molecule has 1 aromatic carbocycles. The van der Waals surface area contributed by atoms with Gasteiger partial charge >= 0.3 is 0 Å². The zero-order chi connectivity index (χ0) is 12.9. The minimum Gasteiger partial charge on any atom is -0.375 e. The third-order valence-corrected chi connectivity index (χ3v) is 3.04. The van der Waals surface area contributed by atoms with Crippen molar-refractivity contribution < 1.29 is 9.13 Å². The van der Waals surface area contributed by atoms with Crippen LogP contribution in [-0.2, 0) is 11.3 Å². The lowest BCUT2D eigenvalue weighted by atomic mass is 10.1.